The summed E-state index contributed by atoms with van der Waals surface area (Å²) in [6.07, 6.45) is 6.30. The van der Waals surface area contributed by atoms with Crippen molar-refractivity contribution in [3.63, 3.8) is 0 Å². The fraction of sp³-hybridized carbons (Fsp3) is 0.524. The predicted octanol–water partition coefficient (Wildman–Crippen LogP) is 2.57. The lowest BCUT2D eigenvalue weighted by Gasteiger charge is -2.22. The molecule has 1 aromatic rings. The van der Waals surface area contributed by atoms with Crippen LogP contribution in [-0.4, -0.2) is 43.5 Å². The van der Waals surface area contributed by atoms with Gasteiger partial charge in [-0.3, -0.25) is 14.4 Å². The largest absolute Gasteiger partial charge is 0.465 e. The predicted molar refractivity (Wildman–Crippen MR) is 106 cm³/mol. The number of esters is 2. The summed E-state index contributed by atoms with van der Waals surface area (Å²) in [7, 11) is 1.29. The van der Waals surface area contributed by atoms with Gasteiger partial charge in [-0.2, -0.15) is 0 Å². The zero-order valence-electron chi connectivity index (χ0n) is 16.7. The second-order valence-electron chi connectivity index (χ2n) is 7.03. The van der Waals surface area contributed by atoms with Crippen LogP contribution in [0.1, 0.15) is 61.7 Å². The molecule has 0 aliphatic heterocycles. The minimum Gasteiger partial charge on any atom is -0.465 e. The molecule has 0 saturated heterocycles. The van der Waals surface area contributed by atoms with Gasteiger partial charge in [0.15, 0.2) is 6.61 Å². The Morgan fingerprint density at radius 2 is 1.66 bits per heavy atom. The number of hydrogen-bond donors (Lipinski definition) is 2. The first-order valence-electron chi connectivity index (χ1n) is 9.91. The van der Waals surface area contributed by atoms with Crippen LogP contribution in [0.4, 0.5) is 5.69 Å². The van der Waals surface area contributed by atoms with Crippen molar-refractivity contribution in [1.29, 1.82) is 0 Å². The Hall–Kier alpha value is -2.90. The van der Waals surface area contributed by atoms with Gasteiger partial charge in [-0.05, 0) is 43.5 Å². The number of carbonyl (C=O) groups excluding carboxylic acids is 4. The van der Waals surface area contributed by atoms with Gasteiger partial charge in [0.2, 0.25) is 5.91 Å². The van der Waals surface area contributed by atoms with E-state index in [2.05, 4.69) is 15.4 Å². The summed E-state index contributed by atoms with van der Waals surface area (Å²) in [4.78, 5) is 46.8. The molecule has 2 rings (SSSR count). The first-order chi connectivity index (χ1) is 14.0. The smallest absolute Gasteiger partial charge is 0.337 e. The van der Waals surface area contributed by atoms with Gasteiger partial charge in [0.25, 0.3) is 5.91 Å². The van der Waals surface area contributed by atoms with Crippen molar-refractivity contribution in [3.8, 4) is 0 Å². The second-order valence-corrected chi connectivity index (χ2v) is 7.03. The molecule has 1 aliphatic rings. The Morgan fingerprint density at radius 3 is 2.31 bits per heavy atom. The fourth-order valence-electron chi connectivity index (χ4n) is 3.16. The topological polar surface area (TPSA) is 111 Å². The lowest BCUT2D eigenvalue weighted by Crippen LogP contribution is -2.36. The molecule has 1 aromatic carbocycles. The normalized spacial score (nSPS) is 14.0. The van der Waals surface area contributed by atoms with Crippen molar-refractivity contribution >= 4 is 29.4 Å². The molecule has 8 nitrogen and oxygen atoms in total. The van der Waals surface area contributed by atoms with Crippen LogP contribution in [-0.2, 0) is 23.9 Å². The summed E-state index contributed by atoms with van der Waals surface area (Å²) in [5, 5.41) is 5.57. The second kappa shape index (κ2) is 11.8. The number of hydrogen-bond acceptors (Lipinski definition) is 6. The third-order valence-corrected chi connectivity index (χ3v) is 4.71. The average molecular weight is 404 g/mol. The standard InChI is InChI=1S/C21H28N2O6/c1-28-21(27)15-10-12-17(13-11-15)23-19(25)14-29-20(26)9-5-8-18(24)22-16-6-3-2-4-7-16/h10-13,16H,2-9,14H2,1H3,(H,22,24)(H,23,25). The van der Waals surface area contributed by atoms with E-state index in [4.69, 9.17) is 4.74 Å². The van der Waals surface area contributed by atoms with Gasteiger partial charge in [-0.15, -0.1) is 0 Å². The van der Waals surface area contributed by atoms with Crippen LogP contribution in [0, 0.1) is 0 Å². The van der Waals surface area contributed by atoms with Crippen LogP contribution in [0.15, 0.2) is 24.3 Å². The first-order valence-corrected chi connectivity index (χ1v) is 9.91. The molecule has 0 radical (unpaired) electrons. The van der Waals surface area contributed by atoms with E-state index in [9.17, 15) is 19.2 Å². The zero-order valence-corrected chi connectivity index (χ0v) is 16.7. The molecule has 2 N–H and O–H groups in total. The fourth-order valence-corrected chi connectivity index (χ4v) is 3.16. The van der Waals surface area contributed by atoms with E-state index in [1.165, 1.54) is 25.7 Å². The van der Waals surface area contributed by atoms with Gasteiger partial charge in [-0.1, -0.05) is 19.3 Å². The van der Waals surface area contributed by atoms with E-state index in [0.717, 1.165) is 25.7 Å². The number of nitrogens with one attached hydrogen (secondary N) is 2. The maximum Gasteiger partial charge on any atom is 0.337 e. The van der Waals surface area contributed by atoms with E-state index < -0.39 is 24.5 Å². The Bertz CT molecular complexity index is 710. The van der Waals surface area contributed by atoms with E-state index >= 15 is 0 Å². The number of benzene rings is 1. The average Bonchev–Trinajstić information content (AvgIpc) is 2.73. The quantitative estimate of drug-likeness (QED) is 0.612. The highest BCUT2D eigenvalue weighted by Gasteiger charge is 2.16. The van der Waals surface area contributed by atoms with Crippen molar-refractivity contribution in [1.82, 2.24) is 5.32 Å². The van der Waals surface area contributed by atoms with Crippen molar-refractivity contribution in [2.75, 3.05) is 19.0 Å². The molecule has 2 amide bonds. The van der Waals surface area contributed by atoms with Crippen LogP contribution < -0.4 is 10.6 Å². The van der Waals surface area contributed by atoms with Crippen LogP contribution >= 0.6 is 0 Å². The van der Waals surface area contributed by atoms with Crippen LogP contribution in [0.3, 0.4) is 0 Å². The van der Waals surface area contributed by atoms with Crippen LogP contribution in [0.2, 0.25) is 0 Å². The summed E-state index contributed by atoms with van der Waals surface area (Å²) < 4.78 is 9.53. The Kier molecular flexibility index (Phi) is 9.14. The molecular formula is C21H28N2O6. The molecule has 0 bridgehead atoms. The summed E-state index contributed by atoms with van der Waals surface area (Å²) in [6.45, 7) is -0.411. The molecule has 0 unspecified atom stereocenters. The van der Waals surface area contributed by atoms with Gasteiger partial charge in [0.05, 0.1) is 12.7 Å². The Morgan fingerprint density at radius 1 is 0.966 bits per heavy atom. The molecule has 1 aliphatic carbocycles. The van der Waals surface area contributed by atoms with E-state index in [-0.39, 0.29) is 24.8 Å². The van der Waals surface area contributed by atoms with Gasteiger partial charge < -0.3 is 20.1 Å². The highest BCUT2D eigenvalue weighted by atomic mass is 16.5. The molecule has 0 atom stereocenters. The van der Waals surface area contributed by atoms with Crippen molar-refractivity contribution in [2.45, 2.75) is 57.4 Å². The molecule has 158 valence electrons. The number of anilines is 1. The van der Waals surface area contributed by atoms with Crippen molar-refractivity contribution in [2.24, 2.45) is 0 Å². The molecule has 0 aromatic heterocycles. The number of rotatable bonds is 9. The highest BCUT2D eigenvalue weighted by Crippen LogP contribution is 2.17. The number of methoxy groups -OCH3 is 1. The molecule has 0 spiro atoms. The minimum absolute atomic E-state index is 0.0437. The van der Waals surface area contributed by atoms with E-state index in [0.29, 0.717) is 17.7 Å². The molecule has 8 heteroatoms. The lowest BCUT2D eigenvalue weighted by atomic mass is 9.95. The third-order valence-electron chi connectivity index (χ3n) is 4.71. The number of carbonyl (C=O) groups is 4. The molecule has 0 heterocycles. The van der Waals surface area contributed by atoms with Crippen molar-refractivity contribution in [3.05, 3.63) is 29.8 Å². The van der Waals surface area contributed by atoms with Gasteiger partial charge in [0.1, 0.15) is 0 Å². The van der Waals surface area contributed by atoms with Crippen molar-refractivity contribution < 1.29 is 28.7 Å². The van der Waals surface area contributed by atoms with Gasteiger partial charge in [-0.25, -0.2) is 4.79 Å². The zero-order chi connectivity index (χ0) is 21.1. The summed E-state index contributed by atoms with van der Waals surface area (Å²) in [5.74, 6) is -1.52. The Balaban J connectivity index is 1.59. The molecule has 29 heavy (non-hydrogen) atoms. The maximum atomic E-state index is 11.9. The van der Waals surface area contributed by atoms with E-state index in [1.54, 1.807) is 12.1 Å². The van der Waals surface area contributed by atoms with Gasteiger partial charge >= 0.3 is 11.9 Å². The third kappa shape index (κ3) is 8.33. The molecule has 1 saturated carbocycles. The Labute approximate surface area is 170 Å². The van der Waals surface area contributed by atoms with Crippen LogP contribution in [0.5, 0.6) is 0 Å². The first kappa shape index (κ1) is 22.4. The van der Waals surface area contributed by atoms with Gasteiger partial charge in [0, 0.05) is 24.6 Å². The number of ether oxygens (including phenoxy) is 2. The number of amides is 2. The minimum atomic E-state index is -0.522. The molecular weight excluding hydrogens is 376 g/mol. The SMILES string of the molecule is COC(=O)c1ccc(NC(=O)COC(=O)CCCC(=O)NC2CCCCC2)cc1. The monoisotopic (exact) mass is 404 g/mol. The summed E-state index contributed by atoms with van der Waals surface area (Å²) in [5.41, 5.74) is 0.836. The summed E-state index contributed by atoms with van der Waals surface area (Å²) in [6, 6.07) is 6.40. The lowest BCUT2D eigenvalue weighted by molar-refractivity contribution is -0.147. The van der Waals surface area contributed by atoms with Crippen LogP contribution in [0.25, 0.3) is 0 Å². The maximum absolute atomic E-state index is 11.9. The summed E-state index contributed by atoms with van der Waals surface area (Å²) >= 11 is 0. The highest BCUT2D eigenvalue weighted by molar-refractivity contribution is 5.94. The van der Waals surface area contributed by atoms with E-state index in [1.807, 2.05) is 0 Å². The molecule has 1 fully saturated rings.